The van der Waals surface area contributed by atoms with Gasteiger partial charge in [-0.25, -0.2) is 4.98 Å². The van der Waals surface area contributed by atoms with E-state index in [4.69, 9.17) is 0 Å². The molecule has 0 unspecified atom stereocenters. The van der Waals surface area contributed by atoms with Crippen LogP contribution >= 0.6 is 11.3 Å². The number of azo groups is 1. The molecule has 0 spiro atoms. The summed E-state index contributed by atoms with van der Waals surface area (Å²) < 4.78 is 0. The summed E-state index contributed by atoms with van der Waals surface area (Å²) >= 11 is 0.929. The number of hydrogen-bond acceptors (Lipinski definition) is 6. The molecule has 0 amide bonds. The summed E-state index contributed by atoms with van der Waals surface area (Å²) in [5.41, 5.74) is 2.00. The fourth-order valence-corrected chi connectivity index (χ4v) is 1.56. The van der Waals surface area contributed by atoms with E-state index in [1.807, 2.05) is 18.2 Å². The lowest BCUT2D eigenvalue weighted by Crippen LogP contribution is -1.82. The molecule has 0 fully saturated rings. The second kappa shape index (κ2) is 4.58. The first-order chi connectivity index (χ1) is 7.77. The van der Waals surface area contributed by atoms with Gasteiger partial charge in [0.1, 0.15) is 0 Å². The molecule has 2 rings (SSSR count). The summed E-state index contributed by atoms with van der Waals surface area (Å²) in [7, 11) is 0. The molecule has 1 heterocycles. The van der Waals surface area contributed by atoms with Gasteiger partial charge in [0.15, 0.2) is 0 Å². The normalized spacial score (nSPS) is 10.8. The fraction of sp³-hybridized carbons (Fsp3) is 0. The molecule has 1 aromatic carbocycles. The number of nitro groups is 1. The minimum atomic E-state index is -0.517. The lowest BCUT2D eigenvalue weighted by Gasteiger charge is -1.89. The van der Waals surface area contributed by atoms with Gasteiger partial charge in [-0.05, 0) is 23.5 Å². The van der Waals surface area contributed by atoms with Crippen LogP contribution in [-0.2, 0) is 0 Å². The molecule has 6 nitrogen and oxygen atoms in total. The molecule has 0 saturated heterocycles. The summed E-state index contributed by atoms with van der Waals surface area (Å²) in [5.74, 6) is 0.0406. The zero-order valence-corrected chi connectivity index (χ0v) is 8.79. The SMILES string of the molecule is O=[N+]([O-])c1scnc1N=Nc1ccccc1. The Kier molecular flexibility index (Phi) is 2.97. The van der Waals surface area contributed by atoms with Crippen LogP contribution in [0.25, 0.3) is 0 Å². The summed E-state index contributed by atoms with van der Waals surface area (Å²) in [4.78, 5) is 13.8. The molecule has 0 saturated carbocycles. The predicted octanol–water partition coefficient (Wildman–Crippen LogP) is 3.47. The smallest absolute Gasteiger partial charge is 0.257 e. The Morgan fingerprint density at radius 1 is 1.25 bits per heavy atom. The molecule has 2 aromatic rings. The first-order valence-corrected chi connectivity index (χ1v) is 5.20. The number of nitrogens with zero attached hydrogens (tertiary/aromatic N) is 4. The molecule has 0 aliphatic rings. The summed E-state index contributed by atoms with van der Waals surface area (Å²) in [6, 6.07) is 8.97. The number of thiazole rings is 1. The molecular weight excluding hydrogens is 228 g/mol. The maximum atomic E-state index is 10.6. The lowest BCUT2D eigenvalue weighted by atomic mass is 10.3. The first kappa shape index (κ1) is 10.4. The van der Waals surface area contributed by atoms with Gasteiger partial charge in [-0.1, -0.05) is 18.2 Å². The van der Waals surface area contributed by atoms with Gasteiger partial charge in [-0.2, -0.15) is 0 Å². The van der Waals surface area contributed by atoms with E-state index < -0.39 is 4.92 Å². The number of rotatable bonds is 3. The van der Waals surface area contributed by atoms with E-state index in [-0.39, 0.29) is 10.8 Å². The average Bonchev–Trinajstić information content (AvgIpc) is 2.76. The molecule has 7 heteroatoms. The van der Waals surface area contributed by atoms with Gasteiger partial charge in [0.25, 0.3) is 5.82 Å². The second-order valence-electron chi connectivity index (χ2n) is 2.77. The third kappa shape index (κ3) is 2.26. The van der Waals surface area contributed by atoms with E-state index in [0.717, 1.165) is 11.3 Å². The van der Waals surface area contributed by atoms with Gasteiger partial charge < -0.3 is 0 Å². The Labute approximate surface area is 94.4 Å². The zero-order valence-electron chi connectivity index (χ0n) is 7.98. The first-order valence-electron chi connectivity index (χ1n) is 4.32. The van der Waals surface area contributed by atoms with Crippen molar-refractivity contribution in [2.45, 2.75) is 0 Å². The van der Waals surface area contributed by atoms with Crippen molar-refractivity contribution in [3.05, 3.63) is 46.0 Å². The van der Waals surface area contributed by atoms with E-state index in [2.05, 4.69) is 15.2 Å². The van der Waals surface area contributed by atoms with Crippen LogP contribution < -0.4 is 0 Å². The van der Waals surface area contributed by atoms with Gasteiger partial charge in [-0.15, -0.1) is 10.2 Å². The van der Waals surface area contributed by atoms with Crippen LogP contribution in [0.5, 0.6) is 0 Å². The summed E-state index contributed by atoms with van der Waals surface area (Å²) in [6.07, 6.45) is 0. The van der Waals surface area contributed by atoms with Crippen molar-refractivity contribution in [1.29, 1.82) is 0 Å². The quantitative estimate of drug-likeness (QED) is 0.463. The summed E-state index contributed by atoms with van der Waals surface area (Å²) in [6.45, 7) is 0. The highest BCUT2D eigenvalue weighted by Gasteiger charge is 2.16. The second-order valence-corrected chi connectivity index (χ2v) is 3.61. The van der Waals surface area contributed by atoms with E-state index in [1.54, 1.807) is 12.1 Å². The van der Waals surface area contributed by atoms with Crippen LogP contribution in [0.4, 0.5) is 16.5 Å². The molecule has 0 radical (unpaired) electrons. The van der Waals surface area contributed by atoms with Gasteiger partial charge >= 0.3 is 5.00 Å². The van der Waals surface area contributed by atoms with Gasteiger partial charge in [-0.3, -0.25) is 10.1 Å². The molecule has 0 aliphatic heterocycles. The van der Waals surface area contributed by atoms with Gasteiger partial charge in [0, 0.05) is 0 Å². The Bertz CT molecular complexity index is 523. The molecule has 1 aromatic heterocycles. The van der Waals surface area contributed by atoms with Crippen molar-refractivity contribution in [2.24, 2.45) is 10.2 Å². The third-order valence-electron chi connectivity index (χ3n) is 1.71. The highest BCUT2D eigenvalue weighted by atomic mass is 32.1. The highest BCUT2D eigenvalue weighted by Crippen LogP contribution is 2.31. The average molecular weight is 234 g/mol. The maximum absolute atomic E-state index is 10.6. The van der Waals surface area contributed by atoms with Crippen molar-refractivity contribution in [3.8, 4) is 0 Å². The van der Waals surface area contributed by atoms with Crippen molar-refractivity contribution in [1.82, 2.24) is 4.98 Å². The maximum Gasteiger partial charge on any atom is 0.371 e. The largest absolute Gasteiger partial charge is 0.371 e. The monoisotopic (exact) mass is 234 g/mol. The minimum absolute atomic E-state index is 0.0406. The number of aromatic nitrogens is 1. The molecule has 0 N–H and O–H groups in total. The van der Waals surface area contributed by atoms with Gasteiger partial charge in [0.05, 0.1) is 16.1 Å². The van der Waals surface area contributed by atoms with Crippen molar-refractivity contribution in [2.75, 3.05) is 0 Å². The molecule has 16 heavy (non-hydrogen) atoms. The van der Waals surface area contributed by atoms with E-state index >= 15 is 0 Å². The summed E-state index contributed by atoms with van der Waals surface area (Å²) in [5, 5.41) is 18.1. The predicted molar refractivity (Wildman–Crippen MR) is 59.4 cm³/mol. The Morgan fingerprint density at radius 3 is 2.69 bits per heavy atom. The third-order valence-corrected chi connectivity index (χ3v) is 2.48. The molecule has 80 valence electrons. The van der Waals surface area contributed by atoms with Gasteiger partial charge in [0.2, 0.25) is 0 Å². The van der Waals surface area contributed by atoms with E-state index in [0.29, 0.717) is 5.69 Å². The Morgan fingerprint density at radius 2 is 2.00 bits per heavy atom. The van der Waals surface area contributed by atoms with Crippen LogP contribution in [0.15, 0.2) is 46.1 Å². The highest BCUT2D eigenvalue weighted by molar-refractivity contribution is 7.13. The topological polar surface area (TPSA) is 80.8 Å². The molecule has 0 aliphatic carbocycles. The number of benzene rings is 1. The van der Waals surface area contributed by atoms with E-state index in [9.17, 15) is 10.1 Å². The zero-order chi connectivity index (χ0) is 11.4. The van der Waals surface area contributed by atoms with Crippen LogP contribution in [0.1, 0.15) is 0 Å². The van der Waals surface area contributed by atoms with Crippen LogP contribution in [0, 0.1) is 10.1 Å². The molecular formula is C9H6N4O2S. The Balaban J connectivity index is 2.24. The van der Waals surface area contributed by atoms with Crippen molar-refractivity contribution >= 4 is 27.8 Å². The minimum Gasteiger partial charge on any atom is -0.257 e. The van der Waals surface area contributed by atoms with Crippen molar-refractivity contribution in [3.63, 3.8) is 0 Å². The lowest BCUT2D eigenvalue weighted by molar-refractivity contribution is -0.379. The standard InChI is InChI=1S/C9H6N4O2S/c14-13(15)9-8(10-6-16-9)12-11-7-4-2-1-3-5-7/h1-6H. The van der Waals surface area contributed by atoms with Crippen molar-refractivity contribution < 1.29 is 4.92 Å². The number of hydrogen-bond donors (Lipinski definition) is 0. The Hall–Kier alpha value is -2.15. The van der Waals surface area contributed by atoms with Crippen LogP contribution in [-0.4, -0.2) is 9.91 Å². The van der Waals surface area contributed by atoms with E-state index in [1.165, 1.54) is 5.51 Å². The fourth-order valence-electron chi connectivity index (χ4n) is 1.03. The molecule has 0 atom stereocenters. The molecule has 0 bridgehead atoms. The van der Waals surface area contributed by atoms with Crippen LogP contribution in [0.2, 0.25) is 0 Å². The van der Waals surface area contributed by atoms with Crippen LogP contribution in [0.3, 0.4) is 0 Å².